The van der Waals surface area contributed by atoms with Gasteiger partial charge in [-0.3, -0.25) is 4.98 Å². The van der Waals surface area contributed by atoms with Gasteiger partial charge in [-0.2, -0.15) is 0 Å². The molecule has 180 valence electrons. The van der Waals surface area contributed by atoms with Gasteiger partial charge in [0.1, 0.15) is 5.67 Å². The van der Waals surface area contributed by atoms with Crippen molar-refractivity contribution in [3.63, 3.8) is 0 Å². The zero-order valence-electron chi connectivity index (χ0n) is 19.6. The second kappa shape index (κ2) is 8.46. The van der Waals surface area contributed by atoms with Gasteiger partial charge in [0.2, 0.25) is 15.9 Å². The molecule has 2 aliphatic rings. The number of nitrogens with one attached hydrogen (secondary N) is 2. The number of hydrogen-bond acceptors (Lipinski definition) is 6. The zero-order valence-corrected chi connectivity index (χ0v) is 20.4. The third-order valence-corrected chi connectivity index (χ3v) is 7.90. The van der Waals surface area contributed by atoms with Crippen LogP contribution in [0.3, 0.4) is 0 Å². The Kier molecular flexibility index (Phi) is 5.72. The van der Waals surface area contributed by atoms with E-state index in [0.717, 1.165) is 40.7 Å². The molecule has 34 heavy (non-hydrogen) atoms. The predicted molar refractivity (Wildman–Crippen MR) is 130 cm³/mol. The lowest BCUT2D eigenvalue weighted by atomic mass is 10.0. The first-order valence-electron chi connectivity index (χ1n) is 11.5. The number of aromatic nitrogens is 2. The van der Waals surface area contributed by atoms with Gasteiger partial charge in [0, 0.05) is 59.1 Å². The van der Waals surface area contributed by atoms with Crippen LogP contribution in [0.5, 0.6) is 5.88 Å². The largest absolute Gasteiger partial charge is 0.481 e. The minimum atomic E-state index is -3.95. The molecular formula is C25H29FN4O3S. The van der Waals surface area contributed by atoms with E-state index in [0.29, 0.717) is 30.0 Å². The van der Waals surface area contributed by atoms with Gasteiger partial charge in [-0.1, -0.05) is 0 Å². The van der Waals surface area contributed by atoms with Crippen LogP contribution in [-0.2, 0) is 22.9 Å². The second-order valence-corrected chi connectivity index (χ2v) is 11.5. The number of halogens is 1. The lowest BCUT2D eigenvalue weighted by Gasteiger charge is -2.18. The first-order valence-corrected chi connectivity index (χ1v) is 13.0. The molecule has 2 N–H and O–H groups in total. The maximum atomic E-state index is 14.2. The average Bonchev–Trinajstić information content (AvgIpc) is 3.56. The lowest BCUT2D eigenvalue weighted by Crippen LogP contribution is -2.36. The smallest absolute Gasteiger partial charge is 0.241 e. The molecule has 7 nitrogen and oxygen atoms in total. The molecule has 2 aromatic heterocycles. The van der Waals surface area contributed by atoms with E-state index < -0.39 is 15.7 Å². The SMILES string of the molecule is COc1cc(NC2Cc3cc4cnc(C5CC5)cc4c(S(=O)(=O)NCC(C)(C)F)c3C2)ccn1. The molecule has 1 atom stereocenters. The Balaban J connectivity index is 1.55. The first-order chi connectivity index (χ1) is 16.1. The summed E-state index contributed by atoms with van der Waals surface area (Å²) < 4.78 is 49.0. The third kappa shape index (κ3) is 4.72. The molecule has 2 heterocycles. The monoisotopic (exact) mass is 484 g/mol. The Morgan fingerprint density at radius 2 is 1.97 bits per heavy atom. The highest BCUT2D eigenvalue weighted by atomic mass is 32.2. The number of sulfonamides is 1. The summed E-state index contributed by atoms with van der Waals surface area (Å²) in [6.45, 7) is 2.43. The van der Waals surface area contributed by atoms with Crippen LogP contribution in [0, 0.1) is 0 Å². The van der Waals surface area contributed by atoms with Crippen molar-refractivity contribution in [1.82, 2.24) is 14.7 Å². The minimum Gasteiger partial charge on any atom is -0.481 e. The van der Waals surface area contributed by atoms with Crippen molar-refractivity contribution in [2.24, 2.45) is 0 Å². The Morgan fingerprint density at radius 3 is 2.68 bits per heavy atom. The molecule has 1 unspecified atom stereocenters. The van der Waals surface area contributed by atoms with E-state index in [2.05, 4.69) is 20.0 Å². The summed E-state index contributed by atoms with van der Waals surface area (Å²) in [7, 11) is -2.38. The standard InChI is InChI=1S/C25H29FN4O3S/c1-25(2,26)14-29-34(31,32)24-20-10-19(30-18-6-7-27-23(11-18)33-3)9-16(20)8-17-13-28-22(12-21(17)24)15-4-5-15/h6-8,11-13,15,19,29H,4-5,9-10,14H2,1-3H3,(H,27,30). The van der Waals surface area contributed by atoms with Gasteiger partial charge >= 0.3 is 0 Å². The van der Waals surface area contributed by atoms with Crippen molar-refractivity contribution >= 4 is 26.5 Å². The molecule has 1 fully saturated rings. The summed E-state index contributed by atoms with van der Waals surface area (Å²) in [6, 6.07) is 7.63. The number of alkyl halides is 1. The van der Waals surface area contributed by atoms with Crippen LogP contribution in [-0.4, -0.2) is 43.8 Å². The molecule has 0 bridgehead atoms. The Labute approximate surface area is 199 Å². The number of methoxy groups -OCH3 is 1. The van der Waals surface area contributed by atoms with Gasteiger partial charge < -0.3 is 10.1 Å². The fourth-order valence-electron chi connectivity index (χ4n) is 4.56. The average molecular weight is 485 g/mol. The van der Waals surface area contributed by atoms with Crippen LogP contribution in [0.25, 0.3) is 10.8 Å². The molecule has 0 radical (unpaired) electrons. The molecule has 0 amide bonds. The molecule has 9 heteroatoms. The summed E-state index contributed by atoms with van der Waals surface area (Å²) >= 11 is 0. The Bertz CT molecular complexity index is 1350. The molecule has 5 rings (SSSR count). The number of rotatable bonds is 8. The topological polar surface area (TPSA) is 93.2 Å². The summed E-state index contributed by atoms with van der Waals surface area (Å²) in [6.07, 6.45) is 6.78. The molecule has 2 aliphatic carbocycles. The number of pyridine rings is 2. The number of nitrogens with zero attached hydrogens (tertiary/aromatic N) is 2. The highest BCUT2D eigenvalue weighted by Crippen LogP contribution is 2.42. The van der Waals surface area contributed by atoms with Gasteiger partial charge in [0.25, 0.3) is 0 Å². The molecule has 1 aromatic carbocycles. The van der Waals surface area contributed by atoms with E-state index in [4.69, 9.17) is 4.74 Å². The van der Waals surface area contributed by atoms with Crippen LogP contribution < -0.4 is 14.8 Å². The van der Waals surface area contributed by atoms with Crippen LogP contribution >= 0.6 is 0 Å². The first kappa shape index (κ1) is 23.0. The number of hydrogen-bond donors (Lipinski definition) is 2. The molecule has 1 saturated carbocycles. The van der Waals surface area contributed by atoms with Crippen LogP contribution in [0.1, 0.15) is 49.4 Å². The van der Waals surface area contributed by atoms with Gasteiger partial charge in [0.15, 0.2) is 0 Å². The summed E-state index contributed by atoms with van der Waals surface area (Å²) in [5.74, 6) is 0.897. The fraction of sp³-hybridized carbons (Fsp3) is 0.440. The molecular weight excluding hydrogens is 455 g/mol. The Hall–Kier alpha value is -2.78. The highest BCUT2D eigenvalue weighted by molar-refractivity contribution is 7.89. The van der Waals surface area contributed by atoms with Crippen molar-refractivity contribution < 1.29 is 17.5 Å². The molecule has 3 aromatic rings. The quantitative estimate of drug-likeness (QED) is 0.500. The normalized spacial score (nSPS) is 18.2. The number of anilines is 1. The number of fused-ring (bicyclic) bond motifs is 2. The summed E-state index contributed by atoms with van der Waals surface area (Å²) in [5, 5.41) is 4.93. The van der Waals surface area contributed by atoms with Crippen molar-refractivity contribution in [1.29, 1.82) is 0 Å². The lowest BCUT2D eigenvalue weighted by molar-refractivity contribution is 0.221. The van der Waals surface area contributed by atoms with E-state index in [1.165, 1.54) is 13.8 Å². The summed E-state index contributed by atoms with van der Waals surface area (Å²) in [4.78, 5) is 8.99. The van der Waals surface area contributed by atoms with E-state index in [9.17, 15) is 12.8 Å². The minimum absolute atomic E-state index is 0.00125. The van der Waals surface area contributed by atoms with Crippen LogP contribution in [0.4, 0.5) is 10.1 Å². The number of benzene rings is 1. The van der Waals surface area contributed by atoms with Gasteiger partial charge in [0.05, 0.1) is 12.0 Å². The highest BCUT2D eigenvalue weighted by Gasteiger charge is 2.33. The molecule has 0 aliphatic heterocycles. The van der Waals surface area contributed by atoms with Crippen molar-refractivity contribution in [2.75, 3.05) is 19.0 Å². The second-order valence-electron chi connectivity index (χ2n) is 9.83. The van der Waals surface area contributed by atoms with E-state index in [-0.39, 0.29) is 17.5 Å². The molecule has 0 spiro atoms. The Morgan fingerprint density at radius 1 is 1.18 bits per heavy atom. The van der Waals surface area contributed by atoms with Crippen LogP contribution in [0.15, 0.2) is 41.6 Å². The summed E-state index contributed by atoms with van der Waals surface area (Å²) in [5.41, 5.74) is 1.86. The van der Waals surface area contributed by atoms with Gasteiger partial charge in [-0.25, -0.2) is 22.5 Å². The van der Waals surface area contributed by atoms with Gasteiger partial charge in [-0.15, -0.1) is 0 Å². The van der Waals surface area contributed by atoms with Gasteiger partial charge in [-0.05, 0) is 68.9 Å². The fourth-order valence-corrected chi connectivity index (χ4v) is 6.25. The zero-order chi connectivity index (χ0) is 24.1. The van der Waals surface area contributed by atoms with Crippen molar-refractivity contribution in [3.05, 3.63) is 53.5 Å². The molecule has 0 saturated heterocycles. The predicted octanol–water partition coefficient (Wildman–Crippen LogP) is 4.12. The number of ether oxygens (including phenoxy) is 1. The van der Waals surface area contributed by atoms with E-state index >= 15 is 0 Å². The van der Waals surface area contributed by atoms with E-state index in [1.807, 2.05) is 24.3 Å². The third-order valence-electron chi connectivity index (χ3n) is 6.37. The van der Waals surface area contributed by atoms with Crippen molar-refractivity contribution in [2.45, 2.75) is 62.1 Å². The van der Waals surface area contributed by atoms with Crippen LogP contribution in [0.2, 0.25) is 0 Å². The maximum Gasteiger partial charge on any atom is 0.241 e. The van der Waals surface area contributed by atoms with E-state index in [1.54, 1.807) is 19.5 Å². The van der Waals surface area contributed by atoms with Crippen molar-refractivity contribution in [3.8, 4) is 5.88 Å². The maximum absolute atomic E-state index is 14.2.